The minimum Gasteiger partial charge on any atom is -0.349 e. The van der Waals surface area contributed by atoms with Crippen LogP contribution in [-0.4, -0.2) is 35.6 Å². The average molecular weight is 313 g/mol. The third-order valence-corrected chi connectivity index (χ3v) is 3.86. The van der Waals surface area contributed by atoms with Gasteiger partial charge in [0.25, 0.3) is 0 Å². The van der Waals surface area contributed by atoms with Gasteiger partial charge in [0.15, 0.2) is 0 Å². The molecule has 2 heterocycles. The van der Waals surface area contributed by atoms with Gasteiger partial charge in [-0.25, -0.2) is 4.98 Å². The molecule has 1 unspecified atom stereocenters. The summed E-state index contributed by atoms with van der Waals surface area (Å²) < 4.78 is 0. The molecule has 1 saturated heterocycles. The second-order valence-corrected chi connectivity index (χ2v) is 5.78. The van der Waals surface area contributed by atoms with Gasteiger partial charge in [-0.15, -0.1) is 0 Å². The van der Waals surface area contributed by atoms with Crippen LogP contribution < -0.4 is 10.2 Å². The second-order valence-electron chi connectivity index (χ2n) is 5.35. The standard InChI is InChI=1S/C14H21ClN4O2/c1-2-7-18(10-12-5-3-4-6-16-12)14-13(19(20)21)8-11(15)9-17-14/h8-9,12,16H,2-7,10H2,1H3. The van der Waals surface area contributed by atoms with Crippen molar-refractivity contribution >= 4 is 23.1 Å². The van der Waals surface area contributed by atoms with E-state index in [2.05, 4.69) is 17.2 Å². The van der Waals surface area contributed by atoms with Gasteiger partial charge >= 0.3 is 5.69 Å². The van der Waals surface area contributed by atoms with Crippen molar-refractivity contribution in [1.29, 1.82) is 0 Å². The summed E-state index contributed by atoms with van der Waals surface area (Å²) in [4.78, 5) is 17.0. The molecular formula is C14H21ClN4O2. The molecule has 21 heavy (non-hydrogen) atoms. The number of hydrogen-bond donors (Lipinski definition) is 1. The summed E-state index contributed by atoms with van der Waals surface area (Å²) in [5, 5.41) is 15.0. The molecular weight excluding hydrogens is 292 g/mol. The van der Waals surface area contributed by atoms with Crippen molar-refractivity contribution in [2.24, 2.45) is 0 Å². The third-order valence-electron chi connectivity index (χ3n) is 3.66. The molecule has 1 N–H and O–H groups in total. The first-order valence-electron chi connectivity index (χ1n) is 7.40. The SMILES string of the molecule is CCCN(CC1CCCCN1)c1ncc(Cl)cc1[N+](=O)[O-]. The molecule has 7 heteroatoms. The fourth-order valence-electron chi connectivity index (χ4n) is 2.70. The Hall–Kier alpha value is -1.40. The molecule has 1 atom stereocenters. The molecule has 0 aromatic carbocycles. The van der Waals surface area contributed by atoms with Crippen LogP contribution in [0, 0.1) is 10.1 Å². The van der Waals surface area contributed by atoms with Gasteiger partial charge in [0, 0.05) is 31.4 Å². The quantitative estimate of drug-likeness (QED) is 0.646. The molecule has 2 rings (SSSR count). The van der Waals surface area contributed by atoms with Crippen molar-refractivity contribution in [3.05, 3.63) is 27.4 Å². The number of pyridine rings is 1. The molecule has 116 valence electrons. The zero-order chi connectivity index (χ0) is 15.2. The van der Waals surface area contributed by atoms with E-state index in [-0.39, 0.29) is 10.7 Å². The predicted octanol–water partition coefficient (Wildman–Crippen LogP) is 3.00. The van der Waals surface area contributed by atoms with E-state index in [1.54, 1.807) is 0 Å². The summed E-state index contributed by atoms with van der Waals surface area (Å²) in [6.45, 7) is 4.56. The Morgan fingerprint density at radius 2 is 2.38 bits per heavy atom. The molecule has 0 bridgehead atoms. The number of nitro groups is 1. The van der Waals surface area contributed by atoms with E-state index in [4.69, 9.17) is 11.6 Å². The van der Waals surface area contributed by atoms with Crippen molar-refractivity contribution in [3.63, 3.8) is 0 Å². The molecule has 1 aliphatic heterocycles. The average Bonchev–Trinajstić information content (AvgIpc) is 2.48. The molecule has 0 radical (unpaired) electrons. The maximum atomic E-state index is 11.2. The first kappa shape index (κ1) is 16.0. The molecule has 6 nitrogen and oxygen atoms in total. The number of halogens is 1. The minimum atomic E-state index is -0.412. The van der Waals surface area contributed by atoms with Crippen LogP contribution in [-0.2, 0) is 0 Å². The van der Waals surface area contributed by atoms with E-state index in [0.29, 0.717) is 11.9 Å². The van der Waals surface area contributed by atoms with Gasteiger partial charge in [0.05, 0.1) is 9.95 Å². The van der Waals surface area contributed by atoms with E-state index in [1.807, 2.05) is 4.90 Å². The summed E-state index contributed by atoms with van der Waals surface area (Å²) >= 11 is 5.84. The molecule has 1 aromatic heterocycles. The smallest absolute Gasteiger partial charge is 0.313 e. The first-order chi connectivity index (χ1) is 10.1. The summed E-state index contributed by atoms with van der Waals surface area (Å²) in [6, 6.07) is 1.74. The van der Waals surface area contributed by atoms with Gasteiger partial charge < -0.3 is 10.2 Å². The number of nitrogens with zero attached hydrogens (tertiary/aromatic N) is 3. The topological polar surface area (TPSA) is 71.3 Å². The van der Waals surface area contributed by atoms with Crippen LogP contribution in [0.15, 0.2) is 12.3 Å². The molecule has 1 fully saturated rings. The van der Waals surface area contributed by atoms with Crippen LogP contribution in [0.1, 0.15) is 32.6 Å². The third kappa shape index (κ3) is 4.28. The van der Waals surface area contributed by atoms with Crippen molar-refractivity contribution in [3.8, 4) is 0 Å². The summed E-state index contributed by atoms with van der Waals surface area (Å²) in [7, 11) is 0. The van der Waals surface area contributed by atoms with E-state index in [0.717, 1.165) is 32.5 Å². The fraction of sp³-hybridized carbons (Fsp3) is 0.643. The Kier molecular flexibility index (Phi) is 5.76. The van der Waals surface area contributed by atoms with Crippen molar-refractivity contribution in [1.82, 2.24) is 10.3 Å². The largest absolute Gasteiger partial charge is 0.349 e. The molecule has 1 aromatic rings. The molecule has 1 aliphatic rings. The Bertz CT molecular complexity index is 492. The summed E-state index contributed by atoms with van der Waals surface area (Å²) in [6.07, 6.45) is 5.88. The molecule has 0 saturated carbocycles. The van der Waals surface area contributed by atoms with Crippen LogP contribution in [0.5, 0.6) is 0 Å². The van der Waals surface area contributed by atoms with Crippen LogP contribution in [0.2, 0.25) is 5.02 Å². The van der Waals surface area contributed by atoms with E-state index in [9.17, 15) is 10.1 Å². The molecule has 0 spiro atoms. The van der Waals surface area contributed by atoms with Gasteiger partial charge in [-0.3, -0.25) is 10.1 Å². The van der Waals surface area contributed by atoms with E-state index < -0.39 is 4.92 Å². The van der Waals surface area contributed by atoms with Gasteiger partial charge in [-0.2, -0.15) is 0 Å². The van der Waals surface area contributed by atoms with Crippen molar-refractivity contribution < 1.29 is 4.92 Å². The zero-order valence-electron chi connectivity index (χ0n) is 12.2. The lowest BCUT2D eigenvalue weighted by Crippen LogP contribution is -2.44. The molecule has 0 aliphatic carbocycles. The Morgan fingerprint density at radius 1 is 1.57 bits per heavy atom. The van der Waals surface area contributed by atoms with E-state index >= 15 is 0 Å². The van der Waals surface area contributed by atoms with Crippen molar-refractivity contribution in [2.45, 2.75) is 38.6 Å². The second kappa shape index (κ2) is 7.56. The maximum Gasteiger partial charge on any atom is 0.313 e. The normalized spacial score (nSPS) is 18.5. The van der Waals surface area contributed by atoms with Crippen LogP contribution in [0.4, 0.5) is 11.5 Å². The lowest BCUT2D eigenvalue weighted by Gasteiger charge is -2.31. The maximum absolute atomic E-state index is 11.2. The first-order valence-corrected chi connectivity index (χ1v) is 7.78. The lowest BCUT2D eigenvalue weighted by atomic mass is 10.0. The Labute approximate surface area is 129 Å². The van der Waals surface area contributed by atoms with Crippen LogP contribution in [0.25, 0.3) is 0 Å². The van der Waals surface area contributed by atoms with Gasteiger partial charge in [0.1, 0.15) is 0 Å². The Balaban J connectivity index is 2.22. The number of nitrogens with one attached hydrogen (secondary N) is 1. The van der Waals surface area contributed by atoms with Crippen LogP contribution in [0.3, 0.4) is 0 Å². The number of anilines is 1. The minimum absolute atomic E-state index is 0.0215. The predicted molar refractivity (Wildman–Crippen MR) is 84.0 cm³/mol. The van der Waals surface area contributed by atoms with E-state index in [1.165, 1.54) is 25.1 Å². The summed E-state index contributed by atoms with van der Waals surface area (Å²) in [5.41, 5.74) is -0.0215. The van der Waals surface area contributed by atoms with Crippen molar-refractivity contribution in [2.75, 3.05) is 24.5 Å². The number of rotatable bonds is 6. The zero-order valence-corrected chi connectivity index (χ0v) is 13.0. The summed E-state index contributed by atoms with van der Waals surface area (Å²) in [5.74, 6) is 0.415. The van der Waals surface area contributed by atoms with Crippen LogP contribution >= 0.6 is 11.6 Å². The number of aromatic nitrogens is 1. The highest BCUT2D eigenvalue weighted by Crippen LogP contribution is 2.29. The number of hydrogen-bond acceptors (Lipinski definition) is 5. The lowest BCUT2D eigenvalue weighted by molar-refractivity contribution is -0.384. The highest BCUT2D eigenvalue weighted by Gasteiger charge is 2.24. The Morgan fingerprint density at radius 3 is 3.00 bits per heavy atom. The fourth-order valence-corrected chi connectivity index (χ4v) is 2.85. The number of piperidine rings is 1. The highest BCUT2D eigenvalue weighted by atomic mass is 35.5. The highest BCUT2D eigenvalue weighted by molar-refractivity contribution is 6.30. The molecule has 0 amide bonds. The van der Waals surface area contributed by atoms with Gasteiger partial charge in [0.2, 0.25) is 5.82 Å². The van der Waals surface area contributed by atoms with Gasteiger partial charge in [-0.1, -0.05) is 24.9 Å². The monoisotopic (exact) mass is 312 g/mol. The van der Waals surface area contributed by atoms with Gasteiger partial charge in [-0.05, 0) is 25.8 Å².